The zero-order valence-corrected chi connectivity index (χ0v) is 13.0. The average Bonchev–Trinajstić information content (AvgIpc) is 2.87. The predicted octanol–water partition coefficient (Wildman–Crippen LogP) is 1.54. The van der Waals surface area contributed by atoms with Crippen molar-refractivity contribution in [1.82, 2.24) is 9.62 Å². The van der Waals surface area contributed by atoms with Crippen LogP contribution in [0, 0.1) is 5.92 Å². The molecule has 1 aliphatic rings. The summed E-state index contributed by atoms with van der Waals surface area (Å²) in [6, 6.07) is 4.46. The van der Waals surface area contributed by atoms with Crippen LogP contribution in [0.3, 0.4) is 0 Å². The van der Waals surface area contributed by atoms with Crippen molar-refractivity contribution in [2.45, 2.75) is 18.2 Å². The molecule has 0 spiro atoms. The second-order valence-electron chi connectivity index (χ2n) is 5.08. The molecule has 3 N–H and O–H groups in total. The molecule has 0 aromatic heterocycles. The van der Waals surface area contributed by atoms with Gasteiger partial charge in [0.2, 0.25) is 10.0 Å². The number of hydrogen-bond acceptors (Lipinski definition) is 4. The number of nitrogens with two attached hydrogens (primary N) is 1. The average molecular weight is 318 g/mol. The van der Waals surface area contributed by atoms with Crippen molar-refractivity contribution in [2.75, 3.05) is 31.9 Å². The van der Waals surface area contributed by atoms with Crippen LogP contribution in [0.25, 0.3) is 0 Å². The van der Waals surface area contributed by atoms with Crippen LogP contribution in [-0.2, 0) is 10.0 Å². The molecule has 1 aromatic carbocycles. The fourth-order valence-corrected chi connectivity index (χ4v) is 3.92. The molecule has 5 nitrogen and oxygen atoms in total. The molecule has 0 radical (unpaired) electrons. The first kappa shape index (κ1) is 15.6. The monoisotopic (exact) mass is 317 g/mol. The molecular weight excluding hydrogens is 298 g/mol. The summed E-state index contributed by atoms with van der Waals surface area (Å²) in [6.07, 6.45) is 1.02. The van der Waals surface area contributed by atoms with Gasteiger partial charge in [-0.25, -0.2) is 13.1 Å². The number of nitrogens with zero attached hydrogens (tertiary/aromatic N) is 1. The van der Waals surface area contributed by atoms with E-state index in [9.17, 15) is 8.42 Å². The van der Waals surface area contributed by atoms with Crippen molar-refractivity contribution >= 4 is 27.3 Å². The quantitative estimate of drug-likeness (QED) is 0.808. The van der Waals surface area contributed by atoms with E-state index in [-0.39, 0.29) is 10.6 Å². The van der Waals surface area contributed by atoms with E-state index in [1.54, 1.807) is 6.07 Å². The second kappa shape index (κ2) is 6.30. The van der Waals surface area contributed by atoms with Crippen LogP contribution in [0.15, 0.2) is 23.1 Å². The molecule has 1 saturated heterocycles. The van der Waals surface area contributed by atoms with Gasteiger partial charge in [0.25, 0.3) is 0 Å². The Balaban J connectivity index is 2.03. The van der Waals surface area contributed by atoms with Gasteiger partial charge in [-0.05, 0) is 43.6 Å². The van der Waals surface area contributed by atoms with E-state index in [0.717, 1.165) is 26.1 Å². The maximum absolute atomic E-state index is 12.2. The normalized spacial score (nSPS) is 20.4. The number of likely N-dealkylation sites (tertiary alicyclic amines) is 1. The minimum absolute atomic E-state index is 0.0512. The number of nitrogens with one attached hydrogen (secondary N) is 1. The number of nitrogen functional groups attached to an aromatic ring is 1. The molecule has 20 heavy (non-hydrogen) atoms. The van der Waals surface area contributed by atoms with Crippen molar-refractivity contribution in [3.05, 3.63) is 23.2 Å². The lowest BCUT2D eigenvalue weighted by molar-refractivity contribution is 0.342. The van der Waals surface area contributed by atoms with E-state index in [2.05, 4.69) is 16.5 Å². The van der Waals surface area contributed by atoms with Crippen LogP contribution in [-0.4, -0.2) is 39.5 Å². The molecule has 7 heteroatoms. The number of hydrogen-bond donors (Lipinski definition) is 2. The molecule has 1 heterocycles. The Morgan fingerprint density at radius 1 is 1.50 bits per heavy atom. The van der Waals surface area contributed by atoms with Crippen molar-refractivity contribution < 1.29 is 8.42 Å². The van der Waals surface area contributed by atoms with Crippen LogP contribution in [0.1, 0.15) is 13.3 Å². The third-order valence-corrected chi connectivity index (χ3v) is 5.36. The zero-order valence-electron chi connectivity index (χ0n) is 11.5. The number of rotatable bonds is 5. The van der Waals surface area contributed by atoms with Crippen LogP contribution in [0.5, 0.6) is 0 Å². The molecule has 0 aliphatic carbocycles. The largest absolute Gasteiger partial charge is 0.398 e. The van der Waals surface area contributed by atoms with E-state index in [1.807, 2.05) is 0 Å². The molecule has 0 bridgehead atoms. The van der Waals surface area contributed by atoms with Crippen molar-refractivity contribution in [2.24, 2.45) is 5.92 Å². The summed E-state index contributed by atoms with van der Waals surface area (Å²) in [7, 11) is -3.60. The van der Waals surface area contributed by atoms with Gasteiger partial charge in [-0.3, -0.25) is 0 Å². The summed E-state index contributed by atoms with van der Waals surface area (Å²) in [6.45, 7) is 5.51. The van der Waals surface area contributed by atoms with Gasteiger partial charge in [0, 0.05) is 18.1 Å². The summed E-state index contributed by atoms with van der Waals surface area (Å²) < 4.78 is 27.1. The lowest BCUT2D eigenvalue weighted by Gasteiger charge is -2.14. The van der Waals surface area contributed by atoms with E-state index in [1.165, 1.54) is 12.1 Å². The molecule has 0 amide bonds. The smallest absolute Gasteiger partial charge is 0.242 e. The molecule has 0 saturated carbocycles. The third-order valence-electron chi connectivity index (χ3n) is 3.64. The summed E-state index contributed by atoms with van der Waals surface area (Å²) in [5.41, 5.74) is 5.93. The fraction of sp³-hybridized carbons (Fsp3) is 0.538. The molecule has 1 aliphatic heterocycles. The van der Waals surface area contributed by atoms with Crippen molar-refractivity contribution in [3.63, 3.8) is 0 Å². The van der Waals surface area contributed by atoms with Crippen molar-refractivity contribution in [1.29, 1.82) is 0 Å². The van der Waals surface area contributed by atoms with Gasteiger partial charge in [0.15, 0.2) is 0 Å². The molecule has 1 atom stereocenters. The summed E-state index contributed by atoms with van der Waals surface area (Å²) in [5.74, 6) is 0.352. The first-order chi connectivity index (χ1) is 9.42. The topological polar surface area (TPSA) is 75.4 Å². The minimum Gasteiger partial charge on any atom is -0.398 e. The Kier molecular flexibility index (Phi) is 4.90. The number of anilines is 1. The van der Waals surface area contributed by atoms with E-state index >= 15 is 0 Å². The highest BCUT2D eigenvalue weighted by Crippen LogP contribution is 2.23. The van der Waals surface area contributed by atoms with Gasteiger partial charge >= 0.3 is 0 Å². The Bertz CT molecular complexity index is 577. The van der Waals surface area contributed by atoms with Gasteiger partial charge in [0.05, 0.1) is 5.69 Å². The predicted molar refractivity (Wildman–Crippen MR) is 81.3 cm³/mol. The number of sulfonamides is 1. The Hall–Kier alpha value is -0.820. The molecule has 1 unspecified atom stereocenters. The van der Waals surface area contributed by atoms with Crippen LogP contribution < -0.4 is 10.5 Å². The lowest BCUT2D eigenvalue weighted by Crippen LogP contribution is -2.31. The Labute approximate surface area is 125 Å². The first-order valence-electron chi connectivity index (χ1n) is 6.69. The molecular formula is C13H20ClN3O2S. The third kappa shape index (κ3) is 3.63. The highest BCUT2D eigenvalue weighted by molar-refractivity contribution is 7.89. The molecule has 1 fully saturated rings. The van der Waals surface area contributed by atoms with Gasteiger partial charge in [-0.15, -0.1) is 0 Å². The molecule has 2 rings (SSSR count). The SMILES string of the molecule is CCN1CCC(CNS(=O)(=O)c2cc(Cl)ccc2N)C1. The summed E-state index contributed by atoms with van der Waals surface area (Å²) >= 11 is 5.83. The van der Waals surface area contributed by atoms with Gasteiger partial charge in [-0.1, -0.05) is 18.5 Å². The summed E-state index contributed by atoms with van der Waals surface area (Å²) in [4.78, 5) is 2.36. The maximum atomic E-state index is 12.2. The van der Waals surface area contributed by atoms with Gasteiger partial charge in [0.1, 0.15) is 4.90 Å². The fourth-order valence-electron chi connectivity index (χ4n) is 2.41. The van der Waals surface area contributed by atoms with Crippen LogP contribution in [0.4, 0.5) is 5.69 Å². The Morgan fingerprint density at radius 3 is 2.90 bits per heavy atom. The first-order valence-corrected chi connectivity index (χ1v) is 8.55. The van der Waals surface area contributed by atoms with Gasteiger partial charge < -0.3 is 10.6 Å². The molecule has 1 aromatic rings. The maximum Gasteiger partial charge on any atom is 0.242 e. The lowest BCUT2D eigenvalue weighted by atomic mass is 10.1. The zero-order chi connectivity index (χ0) is 14.8. The minimum atomic E-state index is -3.60. The van der Waals surface area contributed by atoms with Crippen molar-refractivity contribution in [3.8, 4) is 0 Å². The summed E-state index contributed by atoms with van der Waals surface area (Å²) in [5, 5.41) is 0.359. The van der Waals surface area contributed by atoms with E-state index in [0.29, 0.717) is 17.5 Å². The van der Waals surface area contributed by atoms with Gasteiger partial charge in [-0.2, -0.15) is 0 Å². The van der Waals surface area contributed by atoms with E-state index < -0.39 is 10.0 Å². The highest BCUT2D eigenvalue weighted by Gasteiger charge is 2.24. The van der Waals surface area contributed by atoms with Crippen LogP contribution >= 0.6 is 11.6 Å². The highest BCUT2D eigenvalue weighted by atomic mass is 35.5. The number of halogens is 1. The van der Waals surface area contributed by atoms with Crippen LogP contribution in [0.2, 0.25) is 5.02 Å². The molecule has 112 valence electrons. The second-order valence-corrected chi connectivity index (χ2v) is 7.25. The number of benzene rings is 1. The Morgan fingerprint density at radius 2 is 2.25 bits per heavy atom. The van der Waals surface area contributed by atoms with E-state index in [4.69, 9.17) is 17.3 Å². The standard InChI is InChI=1S/C13H20ClN3O2S/c1-2-17-6-5-10(9-17)8-16-20(18,19)13-7-11(14)3-4-12(13)15/h3-4,7,10,16H,2,5-6,8-9,15H2,1H3.